The summed E-state index contributed by atoms with van der Waals surface area (Å²) in [7, 11) is 3.12. The smallest absolute Gasteiger partial charge is 0.271 e. The van der Waals surface area contributed by atoms with Crippen molar-refractivity contribution in [1.29, 1.82) is 5.26 Å². The lowest BCUT2D eigenvalue weighted by Gasteiger charge is -2.17. The summed E-state index contributed by atoms with van der Waals surface area (Å²) >= 11 is 2.82. The first-order valence-corrected chi connectivity index (χ1v) is 12.3. The van der Waals surface area contributed by atoms with Crippen molar-refractivity contribution in [3.63, 3.8) is 0 Å². The van der Waals surface area contributed by atoms with Gasteiger partial charge in [0.25, 0.3) is 5.91 Å². The number of thioether (sulfide) groups is 1. The van der Waals surface area contributed by atoms with E-state index in [2.05, 4.69) is 15.6 Å². The van der Waals surface area contributed by atoms with Crippen LogP contribution in [-0.4, -0.2) is 49.4 Å². The van der Waals surface area contributed by atoms with Crippen LogP contribution >= 0.6 is 23.1 Å². The minimum atomic E-state index is -0.809. The number of thiazole rings is 1. The van der Waals surface area contributed by atoms with E-state index in [-0.39, 0.29) is 12.2 Å². The highest BCUT2D eigenvalue weighted by Crippen LogP contribution is 2.31. The zero-order valence-corrected chi connectivity index (χ0v) is 20.4. The van der Waals surface area contributed by atoms with Gasteiger partial charge in [0.2, 0.25) is 5.91 Å². The molecule has 1 atom stereocenters. The lowest BCUT2D eigenvalue weighted by molar-refractivity contribution is -0.122. The SMILES string of the molecule is COc1cc(OC)cc(-c2nc(C(=O)N[C@@H](CSCc3ccccc3)C(=O)NCC#N)cs2)c1. The fraction of sp³-hybridized carbons (Fsp3) is 0.250. The number of carbonyl (C=O) groups is 2. The number of methoxy groups -OCH3 is 2. The Labute approximate surface area is 206 Å². The van der Waals surface area contributed by atoms with E-state index >= 15 is 0 Å². The van der Waals surface area contributed by atoms with Gasteiger partial charge in [-0.15, -0.1) is 11.3 Å². The van der Waals surface area contributed by atoms with Crippen LogP contribution in [0.1, 0.15) is 16.1 Å². The first kappa shape index (κ1) is 25.1. The number of nitrogens with one attached hydrogen (secondary N) is 2. The Kier molecular flexibility index (Phi) is 9.31. The van der Waals surface area contributed by atoms with Crippen LogP contribution in [0.4, 0.5) is 0 Å². The summed E-state index contributed by atoms with van der Waals surface area (Å²) in [6.45, 7) is -0.132. The second kappa shape index (κ2) is 12.6. The van der Waals surface area contributed by atoms with Gasteiger partial charge in [-0.3, -0.25) is 9.59 Å². The number of rotatable bonds is 11. The monoisotopic (exact) mass is 496 g/mol. The second-order valence-corrected chi connectivity index (χ2v) is 8.93. The molecule has 176 valence electrons. The maximum absolute atomic E-state index is 12.9. The third-order valence-electron chi connectivity index (χ3n) is 4.69. The number of nitriles is 1. The van der Waals surface area contributed by atoms with Crippen molar-refractivity contribution in [1.82, 2.24) is 15.6 Å². The van der Waals surface area contributed by atoms with Crippen molar-refractivity contribution in [2.75, 3.05) is 26.5 Å². The summed E-state index contributed by atoms with van der Waals surface area (Å²) in [6, 6.07) is 16.3. The predicted octanol–water partition coefficient (Wildman–Crippen LogP) is 3.50. The minimum absolute atomic E-state index is 0.132. The van der Waals surface area contributed by atoms with Gasteiger partial charge in [0.05, 0.1) is 20.3 Å². The largest absolute Gasteiger partial charge is 0.497 e. The Morgan fingerprint density at radius 2 is 1.85 bits per heavy atom. The van der Waals surface area contributed by atoms with Gasteiger partial charge in [-0.1, -0.05) is 30.3 Å². The van der Waals surface area contributed by atoms with Crippen LogP contribution in [0.3, 0.4) is 0 Å². The molecule has 0 saturated carbocycles. The van der Waals surface area contributed by atoms with E-state index in [9.17, 15) is 9.59 Å². The van der Waals surface area contributed by atoms with Crippen molar-refractivity contribution >= 4 is 34.9 Å². The van der Waals surface area contributed by atoms with Crippen LogP contribution in [-0.2, 0) is 10.5 Å². The quantitative estimate of drug-likeness (QED) is 0.391. The first-order chi connectivity index (χ1) is 16.5. The summed E-state index contributed by atoms with van der Waals surface area (Å²) in [4.78, 5) is 29.9. The molecule has 0 aliphatic rings. The number of hydrogen-bond donors (Lipinski definition) is 2. The normalized spacial score (nSPS) is 11.2. The van der Waals surface area contributed by atoms with Crippen molar-refractivity contribution in [3.05, 3.63) is 65.2 Å². The fourth-order valence-corrected chi connectivity index (χ4v) is 4.78. The Morgan fingerprint density at radius 1 is 1.15 bits per heavy atom. The van der Waals surface area contributed by atoms with Crippen LogP contribution in [0, 0.1) is 11.3 Å². The molecule has 1 heterocycles. The Morgan fingerprint density at radius 3 is 2.50 bits per heavy atom. The van der Waals surface area contributed by atoms with Crippen molar-refractivity contribution in [3.8, 4) is 28.1 Å². The highest BCUT2D eigenvalue weighted by Gasteiger charge is 2.23. The lowest BCUT2D eigenvalue weighted by atomic mass is 10.2. The molecule has 8 nitrogen and oxygen atoms in total. The topological polar surface area (TPSA) is 113 Å². The predicted molar refractivity (Wildman–Crippen MR) is 133 cm³/mol. The first-order valence-electron chi connectivity index (χ1n) is 10.3. The van der Waals surface area contributed by atoms with E-state index in [1.807, 2.05) is 36.4 Å². The van der Waals surface area contributed by atoms with Crippen LogP contribution in [0.5, 0.6) is 11.5 Å². The third kappa shape index (κ3) is 6.97. The van der Waals surface area contributed by atoms with Gasteiger partial charge in [0, 0.05) is 28.5 Å². The maximum Gasteiger partial charge on any atom is 0.271 e. The Balaban J connectivity index is 1.70. The number of hydrogen-bond acceptors (Lipinski definition) is 8. The summed E-state index contributed by atoms with van der Waals surface area (Å²) < 4.78 is 10.6. The highest BCUT2D eigenvalue weighted by molar-refractivity contribution is 7.98. The van der Waals surface area contributed by atoms with Crippen LogP contribution in [0.2, 0.25) is 0 Å². The summed E-state index contributed by atoms with van der Waals surface area (Å²) in [5, 5.41) is 16.3. The number of ether oxygens (including phenoxy) is 2. The van der Waals surface area contributed by atoms with Crippen LogP contribution in [0.15, 0.2) is 53.9 Å². The molecule has 2 aromatic carbocycles. The average molecular weight is 497 g/mol. The van der Waals surface area contributed by atoms with E-state index in [0.29, 0.717) is 28.0 Å². The van der Waals surface area contributed by atoms with Gasteiger partial charge in [0.15, 0.2) is 0 Å². The molecule has 2 amide bonds. The molecule has 0 unspecified atom stereocenters. The van der Waals surface area contributed by atoms with Crippen LogP contribution < -0.4 is 20.1 Å². The summed E-state index contributed by atoms with van der Waals surface area (Å²) in [5.41, 5.74) is 2.07. The van der Waals surface area contributed by atoms with Gasteiger partial charge in [-0.2, -0.15) is 17.0 Å². The molecule has 2 N–H and O–H groups in total. The molecular weight excluding hydrogens is 472 g/mol. The van der Waals surface area contributed by atoms with E-state index in [4.69, 9.17) is 14.7 Å². The number of nitrogens with zero attached hydrogens (tertiary/aromatic N) is 2. The zero-order valence-electron chi connectivity index (χ0n) is 18.7. The number of amides is 2. The summed E-state index contributed by atoms with van der Waals surface area (Å²) in [6.07, 6.45) is 0. The van der Waals surface area contributed by atoms with E-state index in [1.54, 1.807) is 37.8 Å². The molecule has 0 bridgehead atoms. The molecule has 0 spiro atoms. The molecule has 34 heavy (non-hydrogen) atoms. The molecule has 3 aromatic rings. The Bertz CT molecular complexity index is 1140. The molecule has 0 aliphatic heterocycles. The lowest BCUT2D eigenvalue weighted by Crippen LogP contribution is -2.48. The molecule has 10 heteroatoms. The molecule has 0 saturated heterocycles. The highest BCUT2D eigenvalue weighted by atomic mass is 32.2. The zero-order chi connectivity index (χ0) is 24.3. The average Bonchev–Trinajstić information content (AvgIpc) is 3.37. The van der Waals surface area contributed by atoms with Crippen LogP contribution in [0.25, 0.3) is 10.6 Å². The molecule has 0 radical (unpaired) electrons. The molecular formula is C24H24N4O4S2. The molecule has 0 aliphatic carbocycles. The fourth-order valence-electron chi connectivity index (χ4n) is 2.98. The van der Waals surface area contributed by atoms with Gasteiger partial charge in [-0.25, -0.2) is 4.98 Å². The minimum Gasteiger partial charge on any atom is -0.497 e. The molecule has 3 rings (SSSR count). The second-order valence-electron chi connectivity index (χ2n) is 7.04. The number of carbonyl (C=O) groups excluding carboxylic acids is 2. The van der Waals surface area contributed by atoms with E-state index < -0.39 is 17.9 Å². The number of benzene rings is 2. The van der Waals surface area contributed by atoms with E-state index in [0.717, 1.165) is 11.1 Å². The van der Waals surface area contributed by atoms with Gasteiger partial charge >= 0.3 is 0 Å². The van der Waals surface area contributed by atoms with Crippen molar-refractivity contribution in [2.45, 2.75) is 11.8 Å². The Hall–Kier alpha value is -3.55. The van der Waals surface area contributed by atoms with Crippen molar-refractivity contribution < 1.29 is 19.1 Å². The third-order valence-corrected chi connectivity index (χ3v) is 6.69. The molecule has 0 fully saturated rings. The van der Waals surface area contributed by atoms with E-state index in [1.165, 1.54) is 23.1 Å². The van der Waals surface area contributed by atoms with Gasteiger partial charge in [-0.05, 0) is 17.7 Å². The summed E-state index contributed by atoms with van der Waals surface area (Å²) in [5.74, 6) is 1.39. The maximum atomic E-state index is 12.9. The van der Waals surface area contributed by atoms with Gasteiger partial charge in [0.1, 0.15) is 34.8 Å². The standard InChI is InChI=1S/C24H24N4O4S2/c1-31-18-10-17(11-19(12-18)32-2)24-28-21(15-34-24)23(30)27-20(22(29)26-9-8-25)14-33-13-16-6-4-3-5-7-16/h3-7,10-12,15,20H,9,13-14H2,1-2H3,(H,26,29)(H,27,30)/t20-/m0/s1. The van der Waals surface area contributed by atoms with Gasteiger partial charge < -0.3 is 20.1 Å². The number of aromatic nitrogens is 1. The van der Waals surface area contributed by atoms with Crippen molar-refractivity contribution in [2.24, 2.45) is 0 Å². The molecule has 1 aromatic heterocycles.